The van der Waals surface area contributed by atoms with Crippen LogP contribution in [0.1, 0.15) is 47.4 Å². The smallest absolute Gasteiger partial charge is 0.255 e. The summed E-state index contributed by atoms with van der Waals surface area (Å²) in [5.74, 6) is -0.105. The first-order valence-electron chi connectivity index (χ1n) is 10.8. The van der Waals surface area contributed by atoms with Crippen LogP contribution in [0.25, 0.3) is 0 Å². The van der Waals surface area contributed by atoms with Crippen LogP contribution in [-0.2, 0) is 21.8 Å². The van der Waals surface area contributed by atoms with Crippen LogP contribution in [0.3, 0.4) is 0 Å². The maximum Gasteiger partial charge on any atom is 0.255 e. The minimum atomic E-state index is -3.20. The van der Waals surface area contributed by atoms with Crippen LogP contribution in [0.2, 0.25) is 0 Å². The number of carbonyl (C=O) groups is 1. The second kappa shape index (κ2) is 9.76. The number of piperidine rings is 1. The number of nitrogens with one attached hydrogen (secondary N) is 1. The Morgan fingerprint density at radius 1 is 1.23 bits per heavy atom. The van der Waals surface area contributed by atoms with Gasteiger partial charge in [0, 0.05) is 64.2 Å². The standard InChI is InChI=1S/C20H35N5O4S/c1-15-19(16(2)23(3)22-15)20(26)21-9-11-25(17-7-12-29-13-8-17)18-6-5-10-24(14-18)30(4,27)28/h17-18H,5-14H2,1-4H3,(H,21,26). The van der Waals surface area contributed by atoms with E-state index in [0.717, 1.165) is 50.3 Å². The number of nitrogens with zero attached hydrogens (tertiary/aromatic N) is 4. The van der Waals surface area contributed by atoms with E-state index in [1.165, 1.54) is 6.26 Å². The molecule has 10 heteroatoms. The van der Waals surface area contributed by atoms with Crippen molar-refractivity contribution >= 4 is 15.9 Å². The zero-order valence-corrected chi connectivity index (χ0v) is 19.4. The van der Waals surface area contributed by atoms with Gasteiger partial charge in [-0.1, -0.05) is 0 Å². The molecule has 0 spiro atoms. The molecule has 1 N–H and O–H groups in total. The van der Waals surface area contributed by atoms with E-state index in [1.807, 2.05) is 20.9 Å². The van der Waals surface area contributed by atoms with Crippen LogP contribution in [0.5, 0.6) is 0 Å². The lowest BCUT2D eigenvalue weighted by molar-refractivity contribution is 0.00673. The third-order valence-corrected chi connectivity index (χ3v) is 7.62. The van der Waals surface area contributed by atoms with Crippen LogP contribution < -0.4 is 5.32 Å². The SMILES string of the molecule is Cc1nn(C)c(C)c1C(=O)NCCN(C1CCOCC1)C1CCCN(S(C)(=O)=O)C1. The molecule has 1 amide bonds. The van der Waals surface area contributed by atoms with Crippen molar-refractivity contribution in [1.29, 1.82) is 0 Å². The van der Waals surface area contributed by atoms with Gasteiger partial charge in [0.15, 0.2) is 0 Å². The molecule has 1 aromatic heterocycles. The lowest BCUT2D eigenvalue weighted by Gasteiger charge is -2.43. The van der Waals surface area contributed by atoms with E-state index in [9.17, 15) is 13.2 Å². The Labute approximate surface area is 179 Å². The first kappa shape index (κ1) is 23.2. The summed E-state index contributed by atoms with van der Waals surface area (Å²) in [6, 6.07) is 0.511. The minimum Gasteiger partial charge on any atom is -0.381 e. The topological polar surface area (TPSA) is 96.8 Å². The number of hydrogen-bond donors (Lipinski definition) is 1. The molecule has 0 radical (unpaired) electrons. The molecule has 30 heavy (non-hydrogen) atoms. The molecule has 2 saturated heterocycles. The van der Waals surface area contributed by atoms with Crippen LogP contribution in [0.15, 0.2) is 0 Å². The summed E-state index contributed by atoms with van der Waals surface area (Å²) < 4.78 is 33.0. The Bertz CT molecular complexity index is 848. The normalized spacial score (nSPS) is 21.8. The van der Waals surface area contributed by atoms with Crippen molar-refractivity contribution in [2.45, 2.75) is 51.6 Å². The fourth-order valence-electron chi connectivity index (χ4n) is 4.66. The summed E-state index contributed by atoms with van der Waals surface area (Å²) in [4.78, 5) is 15.1. The predicted octanol–water partition coefficient (Wildman–Crippen LogP) is 0.672. The van der Waals surface area contributed by atoms with E-state index in [2.05, 4.69) is 15.3 Å². The molecular weight excluding hydrogens is 406 g/mol. The van der Waals surface area contributed by atoms with Gasteiger partial charge < -0.3 is 10.1 Å². The number of aromatic nitrogens is 2. The van der Waals surface area contributed by atoms with Gasteiger partial charge in [0.1, 0.15) is 0 Å². The van der Waals surface area contributed by atoms with Gasteiger partial charge in [-0.05, 0) is 39.5 Å². The zero-order chi connectivity index (χ0) is 21.9. The number of carbonyl (C=O) groups excluding carboxylic acids is 1. The van der Waals surface area contributed by atoms with Crippen molar-refractivity contribution in [2.75, 3.05) is 45.6 Å². The fraction of sp³-hybridized carbons (Fsp3) is 0.800. The number of rotatable bonds is 7. The first-order chi connectivity index (χ1) is 14.2. The number of ether oxygens (including phenoxy) is 1. The van der Waals surface area contributed by atoms with Crippen molar-refractivity contribution in [1.82, 2.24) is 24.3 Å². The molecule has 0 saturated carbocycles. The van der Waals surface area contributed by atoms with Gasteiger partial charge in [-0.2, -0.15) is 5.10 Å². The highest BCUT2D eigenvalue weighted by Gasteiger charge is 2.33. The molecule has 0 aromatic carbocycles. The van der Waals surface area contributed by atoms with Crippen molar-refractivity contribution in [3.05, 3.63) is 17.0 Å². The highest BCUT2D eigenvalue weighted by molar-refractivity contribution is 7.88. The van der Waals surface area contributed by atoms with Gasteiger partial charge in [0.2, 0.25) is 10.0 Å². The highest BCUT2D eigenvalue weighted by Crippen LogP contribution is 2.24. The third-order valence-electron chi connectivity index (χ3n) is 6.35. The van der Waals surface area contributed by atoms with Crippen molar-refractivity contribution in [2.24, 2.45) is 7.05 Å². The molecule has 2 aliphatic rings. The van der Waals surface area contributed by atoms with E-state index in [0.29, 0.717) is 37.8 Å². The van der Waals surface area contributed by atoms with Crippen molar-refractivity contribution in [3.8, 4) is 0 Å². The summed E-state index contributed by atoms with van der Waals surface area (Å²) in [6.45, 7) is 7.51. The van der Waals surface area contributed by atoms with Gasteiger partial charge in [-0.25, -0.2) is 12.7 Å². The molecule has 170 valence electrons. The third kappa shape index (κ3) is 5.40. The Morgan fingerprint density at radius 3 is 2.53 bits per heavy atom. The molecule has 1 aromatic rings. The van der Waals surface area contributed by atoms with E-state index in [1.54, 1.807) is 8.99 Å². The van der Waals surface area contributed by atoms with E-state index in [4.69, 9.17) is 4.74 Å². The summed E-state index contributed by atoms with van der Waals surface area (Å²) in [6.07, 6.45) is 4.98. The first-order valence-corrected chi connectivity index (χ1v) is 12.6. The summed E-state index contributed by atoms with van der Waals surface area (Å²) in [5.41, 5.74) is 2.21. The molecule has 1 unspecified atom stereocenters. The Balaban J connectivity index is 1.66. The van der Waals surface area contributed by atoms with E-state index < -0.39 is 10.0 Å². The van der Waals surface area contributed by atoms with Gasteiger partial charge in [0.05, 0.1) is 17.5 Å². The second-order valence-electron chi connectivity index (χ2n) is 8.42. The lowest BCUT2D eigenvalue weighted by atomic mass is 9.99. The lowest BCUT2D eigenvalue weighted by Crippen LogP contribution is -2.55. The van der Waals surface area contributed by atoms with Gasteiger partial charge in [0.25, 0.3) is 5.91 Å². The predicted molar refractivity (Wildman–Crippen MR) is 115 cm³/mol. The average molecular weight is 442 g/mol. The van der Waals surface area contributed by atoms with Crippen LogP contribution in [0.4, 0.5) is 0 Å². The average Bonchev–Trinajstić information content (AvgIpc) is 2.97. The van der Waals surface area contributed by atoms with E-state index in [-0.39, 0.29) is 11.9 Å². The Hall–Kier alpha value is -1.49. The van der Waals surface area contributed by atoms with Gasteiger partial charge in [-0.15, -0.1) is 0 Å². The van der Waals surface area contributed by atoms with Crippen molar-refractivity contribution < 1.29 is 17.9 Å². The van der Waals surface area contributed by atoms with Crippen LogP contribution >= 0.6 is 0 Å². The molecule has 2 aliphatic heterocycles. The van der Waals surface area contributed by atoms with Gasteiger partial charge >= 0.3 is 0 Å². The maximum absolute atomic E-state index is 12.7. The molecule has 9 nitrogen and oxygen atoms in total. The summed E-state index contributed by atoms with van der Waals surface area (Å²) in [7, 11) is -1.36. The monoisotopic (exact) mass is 441 g/mol. The summed E-state index contributed by atoms with van der Waals surface area (Å²) >= 11 is 0. The molecule has 2 fully saturated rings. The Morgan fingerprint density at radius 2 is 1.93 bits per heavy atom. The molecule has 0 bridgehead atoms. The van der Waals surface area contributed by atoms with Crippen LogP contribution in [-0.4, -0.2) is 91.0 Å². The summed E-state index contributed by atoms with van der Waals surface area (Å²) in [5, 5.41) is 7.37. The second-order valence-corrected chi connectivity index (χ2v) is 10.4. The molecule has 3 heterocycles. The number of amides is 1. The fourth-order valence-corrected chi connectivity index (χ4v) is 5.57. The van der Waals surface area contributed by atoms with Crippen LogP contribution in [0, 0.1) is 13.8 Å². The quantitative estimate of drug-likeness (QED) is 0.668. The molecule has 1 atom stereocenters. The highest BCUT2D eigenvalue weighted by atomic mass is 32.2. The maximum atomic E-state index is 12.7. The van der Waals surface area contributed by atoms with Gasteiger partial charge in [-0.3, -0.25) is 14.4 Å². The molecule has 3 rings (SSSR count). The van der Waals surface area contributed by atoms with Crippen molar-refractivity contribution in [3.63, 3.8) is 0 Å². The number of aryl methyl sites for hydroxylation is 2. The minimum absolute atomic E-state index is 0.105. The molecule has 0 aliphatic carbocycles. The largest absolute Gasteiger partial charge is 0.381 e. The zero-order valence-electron chi connectivity index (χ0n) is 18.6. The van der Waals surface area contributed by atoms with E-state index >= 15 is 0 Å². The Kier molecular flexibility index (Phi) is 7.54. The molecular formula is C20H35N5O4S. The number of hydrogen-bond acceptors (Lipinski definition) is 6. The number of sulfonamides is 1.